The van der Waals surface area contributed by atoms with Gasteiger partial charge in [-0.1, -0.05) is 18.2 Å². The SMILES string of the molecule is O=S(=O)(Oc1ccccc1)C1CC12CCC(c1ccnc3ccc(F)cc13)CC2. The van der Waals surface area contributed by atoms with Gasteiger partial charge < -0.3 is 4.18 Å². The number of para-hydroxylation sites is 1. The predicted molar refractivity (Wildman–Crippen MR) is 110 cm³/mol. The molecule has 150 valence electrons. The summed E-state index contributed by atoms with van der Waals surface area (Å²) in [5.74, 6) is 0.408. The fourth-order valence-electron chi connectivity index (χ4n) is 4.91. The van der Waals surface area contributed by atoms with Crippen molar-refractivity contribution in [3.63, 3.8) is 0 Å². The van der Waals surface area contributed by atoms with E-state index in [4.69, 9.17) is 4.18 Å². The van der Waals surface area contributed by atoms with Gasteiger partial charge in [-0.3, -0.25) is 4.98 Å². The molecule has 2 fully saturated rings. The molecule has 1 spiro atoms. The van der Waals surface area contributed by atoms with Gasteiger partial charge in [0.05, 0.1) is 5.52 Å². The van der Waals surface area contributed by atoms with Crippen LogP contribution in [0.3, 0.4) is 0 Å². The highest BCUT2D eigenvalue weighted by Crippen LogP contribution is 2.62. The Morgan fingerprint density at radius 1 is 1.03 bits per heavy atom. The average Bonchev–Trinajstić information content (AvgIpc) is 3.43. The average molecular weight is 411 g/mol. The highest BCUT2D eigenvalue weighted by Gasteiger charge is 2.62. The zero-order valence-electron chi connectivity index (χ0n) is 15.9. The van der Waals surface area contributed by atoms with Gasteiger partial charge in [0.25, 0.3) is 0 Å². The van der Waals surface area contributed by atoms with Crippen molar-refractivity contribution in [2.45, 2.75) is 43.3 Å². The van der Waals surface area contributed by atoms with Gasteiger partial charge in [-0.2, -0.15) is 8.42 Å². The topological polar surface area (TPSA) is 56.3 Å². The van der Waals surface area contributed by atoms with E-state index in [1.54, 1.807) is 42.6 Å². The standard InChI is InChI=1S/C23H22FNO3S/c24-17-6-7-21-20(14-17)19(10-13-25-21)16-8-11-23(12-9-16)15-22(23)29(26,27)28-18-4-2-1-3-5-18/h1-7,10,13-14,16,22H,8-9,11-12,15H2. The Balaban J connectivity index is 1.31. The van der Waals surface area contributed by atoms with Crippen molar-refractivity contribution in [3.05, 3.63) is 72.2 Å². The third kappa shape index (κ3) is 3.39. The smallest absolute Gasteiger partial charge is 0.312 e. The Labute approximate surface area is 169 Å². The van der Waals surface area contributed by atoms with Crippen LogP contribution in [0.25, 0.3) is 10.9 Å². The first-order chi connectivity index (χ1) is 14.0. The van der Waals surface area contributed by atoms with Crippen LogP contribution in [0.4, 0.5) is 4.39 Å². The van der Waals surface area contributed by atoms with Gasteiger partial charge in [-0.05, 0) is 85.4 Å². The first-order valence-corrected chi connectivity index (χ1v) is 11.5. The monoisotopic (exact) mass is 411 g/mol. The number of hydrogen-bond acceptors (Lipinski definition) is 4. The summed E-state index contributed by atoms with van der Waals surface area (Å²) in [6.45, 7) is 0. The van der Waals surface area contributed by atoms with E-state index < -0.39 is 15.4 Å². The first kappa shape index (κ1) is 18.6. The molecule has 1 aromatic heterocycles. The number of fused-ring (bicyclic) bond motifs is 1. The lowest BCUT2D eigenvalue weighted by atomic mass is 9.76. The summed E-state index contributed by atoms with van der Waals surface area (Å²) in [6, 6.07) is 15.4. The molecule has 2 aliphatic carbocycles. The van der Waals surface area contributed by atoms with Crippen LogP contribution in [0.2, 0.25) is 0 Å². The molecule has 4 nitrogen and oxygen atoms in total. The molecule has 2 aromatic carbocycles. The zero-order valence-corrected chi connectivity index (χ0v) is 16.7. The van der Waals surface area contributed by atoms with E-state index in [9.17, 15) is 12.8 Å². The summed E-state index contributed by atoms with van der Waals surface area (Å²) in [5, 5.41) is 0.434. The van der Waals surface area contributed by atoms with Gasteiger partial charge in [-0.15, -0.1) is 0 Å². The highest BCUT2D eigenvalue weighted by atomic mass is 32.2. The van der Waals surface area contributed by atoms with Crippen LogP contribution < -0.4 is 4.18 Å². The van der Waals surface area contributed by atoms with Crippen molar-refractivity contribution in [2.24, 2.45) is 5.41 Å². The molecule has 0 amide bonds. The second kappa shape index (κ2) is 6.80. The van der Waals surface area contributed by atoms with Crippen LogP contribution in [0, 0.1) is 11.2 Å². The molecule has 2 aliphatic rings. The van der Waals surface area contributed by atoms with E-state index in [0.29, 0.717) is 18.1 Å². The molecule has 1 heterocycles. The van der Waals surface area contributed by atoms with Crippen molar-refractivity contribution in [1.82, 2.24) is 4.98 Å². The Kier molecular flexibility index (Phi) is 4.35. The maximum absolute atomic E-state index is 13.8. The molecule has 0 bridgehead atoms. The Bertz CT molecular complexity index is 1160. The largest absolute Gasteiger partial charge is 0.382 e. The number of hydrogen-bond donors (Lipinski definition) is 0. The first-order valence-electron chi connectivity index (χ1n) is 9.99. The van der Waals surface area contributed by atoms with Crippen molar-refractivity contribution in [2.75, 3.05) is 0 Å². The van der Waals surface area contributed by atoms with Gasteiger partial charge in [0.1, 0.15) is 16.8 Å². The molecule has 1 atom stereocenters. The number of nitrogens with zero attached hydrogens (tertiary/aromatic N) is 1. The number of rotatable bonds is 4. The van der Waals surface area contributed by atoms with Crippen LogP contribution >= 0.6 is 0 Å². The zero-order chi connectivity index (χ0) is 20.1. The van der Waals surface area contributed by atoms with Gasteiger partial charge >= 0.3 is 10.1 Å². The molecule has 0 saturated heterocycles. The van der Waals surface area contributed by atoms with Crippen LogP contribution in [-0.4, -0.2) is 18.7 Å². The van der Waals surface area contributed by atoms with Crippen molar-refractivity contribution in [1.29, 1.82) is 0 Å². The summed E-state index contributed by atoms with van der Waals surface area (Å²) in [6.07, 6.45) is 5.93. The van der Waals surface area contributed by atoms with E-state index >= 15 is 0 Å². The van der Waals surface area contributed by atoms with Crippen LogP contribution in [0.15, 0.2) is 60.8 Å². The minimum Gasteiger partial charge on any atom is -0.382 e. The quantitative estimate of drug-likeness (QED) is 0.554. The van der Waals surface area contributed by atoms with E-state index in [-0.39, 0.29) is 11.2 Å². The van der Waals surface area contributed by atoms with E-state index in [0.717, 1.165) is 42.1 Å². The van der Waals surface area contributed by atoms with Gasteiger partial charge in [0.15, 0.2) is 0 Å². The fourth-order valence-corrected chi connectivity index (χ4v) is 6.79. The Hall–Kier alpha value is -2.47. The molecule has 3 aromatic rings. The molecular weight excluding hydrogens is 389 g/mol. The maximum atomic E-state index is 13.8. The molecule has 29 heavy (non-hydrogen) atoms. The summed E-state index contributed by atoms with van der Waals surface area (Å²) in [4.78, 5) is 4.34. The minimum atomic E-state index is -3.63. The molecule has 0 aliphatic heterocycles. The lowest BCUT2D eigenvalue weighted by molar-refractivity contribution is 0.304. The summed E-state index contributed by atoms with van der Waals surface area (Å²) >= 11 is 0. The van der Waals surface area contributed by atoms with Crippen LogP contribution in [0.1, 0.15) is 43.6 Å². The third-order valence-electron chi connectivity index (χ3n) is 6.58. The lowest BCUT2D eigenvalue weighted by Crippen LogP contribution is -2.24. The maximum Gasteiger partial charge on any atom is 0.312 e. The fraction of sp³-hybridized carbons (Fsp3) is 0.348. The second-order valence-electron chi connectivity index (χ2n) is 8.28. The number of halogens is 1. The third-order valence-corrected chi connectivity index (χ3v) is 8.37. The molecular formula is C23H22FNO3S. The second-order valence-corrected chi connectivity index (χ2v) is 10.0. The molecule has 0 N–H and O–H groups in total. The van der Waals surface area contributed by atoms with E-state index in [2.05, 4.69) is 4.98 Å². The van der Waals surface area contributed by atoms with E-state index in [1.807, 2.05) is 12.1 Å². The predicted octanol–water partition coefficient (Wildman–Crippen LogP) is 5.20. The number of pyridine rings is 1. The normalized spacial score (nSPS) is 26.5. The van der Waals surface area contributed by atoms with Crippen LogP contribution in [0.5, 0.6) is 5.75 Å². The number of benzene rings is 2. The van der Waals surface area contributed by atoms with Crippen molar-refractivity contribution in [3.8, 4) is 5.75 Å². The summed E-state index contributed by atoms with van der Waals surface area (Å²) in [5.41, 5.74) is 1.75. The molecule has 6 heteroatoms. The number of aromatic nitrogens is 1. The molecule has 0 radical (unpaired) electrons. The molecule has 1 unspecified atom stereocenters. The van der Waals surface area contributed by atoms with Gasteiger partial charge in [-0.25, -0.2) is 4.39 Å². The minimum absolute atomic E-state index is 0.168. The van der Waals surface area contributed by atoms with Gasteiger partial charge in [0, 0.05) is 11.6 Å². The highest BCUT2D eigenvalue weighted by molar-refractivity contribution is 7.88. The van der Waals surface area contributed by atoms with Gasteiger partial charge in [0.2, 0.25) is 0 Å². The van der Waals surface area contributed by atoms with Crippen molar-refractivity contribution >= 4 is 21.0 Å². The summed E-state index contributed by atoms with van der Waals surface area (Å²) < 4.78 is 44.6. The molecule has 5 rings (SSSR count). The van der Waals surface area contributed by atoms with Crippen molar-refractivity contribution < 1.29 is 17.0 Å². The van der Waals surface area contributed by atoms with E-state index in [1.165, 1.54) is 6.07 Å². The Morgan fingerprint density at radius 3 is 2.55 bits per heavy atom. The molecule has 2 saturated carbocycles. The van der Waals surface area contributed by atoms with Crippen LogP contribution in [-0.2, 0) is 10.1 Å². The Morgan fingerprint density at radius 2 is 1.79 bits per heavy atom. The lowest BCUT2D eigenvalue weighted by Gasteiger charge is -2.30. The summed E-state index contributed by atoms with van der Waals surface area (Å²) in [7, 11) is -3.63.